The lowest BCUT2D eigenvalue weighted by Crippen LogP contribution is -2.47. The van der Waals surface area contributed by atoms with Crippen LogP contribution in [0.3, 0.4) is 0 Å². The predicted molar refractivity (Wildman–Crippen MR) is 97.2 cm³/mol. The van der Waals surface area contributed by atoms with Crippen molar-refractivity contribution in [2.45, 2.75) is 96.1 Å². The normalized spacial score (nSPS) is 11.7. The third kappa shape index (κ3) is 9.94. The van der Waals surface area contributed by atoms with Crippen molar-refractivity contribution in [2.24, 2.45) is 0 Å². The minimum absolute atomic E-state index is 0.214. The molecule has 1 radical (unpaired) electrons. The van der Waals surface area contributed by atoms with Gasteiger partial charge in [-0.15, -0.1) is 0 Å². The highest BCUT2D eigenvalue weighted by atomic mass is 16.7. The van der Waals surface area contributed by atoms with Gasteiger partial charge in [0.15, 0.2) is 0 Å². The summed E-state index contributed by atoms with van der Waals surface area (Å²) in [6.07, 6.45) is 17.6. The summed E-state index contributed by atoms with van der Waals surface area (Å²) >= 11 is 0. The van der Waals surface area contributed by atoms with Crippen LogP contribution in [-0.4, -0.2) is 21.8 Å². The molecule has 0 aromatic carbocycles. The molecule has 0 saturated carbocycles. The van der Waals surface area contributed by atoms with Crippen molar-refractivity contribution >= 4 is 6.29 Å². The number of hydrogen-bond acceptors (Lipinski definition) is 5. The van der Waals surface area contributed by atoms with E-state index in [1.165, 1.54) is 51.4 Å². The van der Waals surface area contributed by atoms with Gasteiger partial charge >= 0.3 is 11.9 Å². The molecule has 143 valence electrons. The van der Waals surface area contributed by atoms with Crippen molar-refractivity contribution in [2.75, 3.05) is 0 Å². The zero-order valence-electron chi connectivity index (χ0n) is 15.3. The first-order valence-electron chi connectivity index (χ1n) is 9.34. The number of hydrogen-bond donors (Lipinski definition) is 0. The van der Waals surface area contributed by atoms with Crippen molar-refractivity contribution in [3.63, 3.8) is 0 Å². The van der Waals surface area contributed by atoms with E-state index in [9.17, 15) is 25.0 Å². The van der Waals surface area contributed by atoms with Crippen molar-refractivity contribution < 1.29 is 14.6 Å². The Kier molecular flexibility index (Phi) is 13.5. The molecule has 0 aliphatic rings. The average molecular weight is 355 g/mol. The van der Waals surface area contributed by atoms with Gasteiger partial charge in [-0.2, -0.15) is 0 Å². The first-order valence-corrected chi connectivity index (χ1v) is 9.34. The van der Waals surface area contributed by atoms with Crippen LogP contribution in [0.2, 0.25) is 0 Å². The average Bonchev–Trinajstić information content (AvgIpc) is 2.58. The topological polar surface area (TPSA) is 103 Å². The standard InChI is InChI=1S/C18H31N2O5/c1-2-3-4-5-6-7-8-9-10-11-12-13-14-15-16-18(17-21,19(22)23)20(24)25/h12-13H,2-11,14-16H2,1H3/b13-12-. The third-order valence-corrected chi connectivity index (χ3v) is 4.30. The van der Waals surface area contributed by atoms with Crippen LogP contribution in [0.1, 0.15) is 90.4 Å². The summed E-state index contributed by atoms with van der Waals surface area (Å²) in [5, 5.41) is 21.5. The molecule has 7 heteroatoms. The summed E-state index contributed by atoms with van der Waals surface area (Å²) in [7, 11) is 0. The number of allylic oxidation sites excluding steroid dienone is 2. The summed E-state index contributed by atoms with van der Waals surface area (Å²) in [5.41, 5.74) is -2.81. The fourth-order valence-corrected chi connectivity index (χ4v) is 2.65. The van der Waals surface area contributed by atoms with Crippen LogP contribution in [0, 0.1) is 20.2 Å². The summed E-state index contributed by atoms with van der Waals surface area (Å²) in [5.74, 6) is 0. The van der Waals surface area contributed by atoms with E-state index >= 15 is 0 Å². The molecule has 0 aliphatic carbocycles. The van der Waals surface area contributed by atoms with E-state index in [0.717, 1.165) is 19.1 Å². The van der Waals surface area contributed by atoms with Crippen LogP contribution in [0.15, 0.2) is 12.2 Å². The molecule has 0 saturated heterocycles. The maximum Gasteiger partial charge on any atom is 0.523 e. The zero-order valence-corrected chi connectivity index (χ0v) is 15.3. The Balaban J connectivity index is 3.68. The minimum Gasteiger partial charge on any atom is -0.273 e. The van der Waals surface area contributed by atoms with E-state index in [-0.39, 0.29) is 6.42 Å². The molecular weight excluding hydrogens is 324 g/mol. The second kappa shape index (κ2) is 14.5. The van der Waals surface area contributed by atoms with Gasteiger partial charge in [-0.25, -0.2) is 0 Å². The van der Waals surface area contributed by atoms with Crippen LogP contribution in [0.25, 0.3) is 0 Å². The van der Waals surface area contributed by atoms with Crippen LogP contribution in [-0.2, 0) is 4.79 Å². The smallest absolute Gasteiger partial charge is 0.273 e. The molecule has 0 bridgehead atoms. The fourth-order valence-electron chi connectivity index (χ4n) is 2.65. The van der Waals surface area contributed by atoms with Gasteiger partial charge in [0.2, 0.25) is 0 Å². The number of rotatable bonds is 17. The molecule has 0 fully saturated rings. The second-order valence-electron chi connectivity index (χ2n) is 6.41. The Morgan fingerprint density at radius 1 is 0.800 bits per heavy atom. The molecule has 25 heavy (non-hydrogen) atoms. The first kappa shape index (κ1) is 23.2. The molecule has 0 spiro atoms. The van der Waals surface area contributed by atoms with E-state index < -0.39 is 21.9 Å². The van der Waals surface area contributed by atoms with Gasteiger partial charge in [0, 0.05) is 0 Å². The number of unbranched alkanes of at least 4 members (excludes halogenated alkanes) is 10. The Morgan fingerprint density at radius 2 is 1.24 bits per heavy atom. The van der Waals surface area contributed by atoms with Crippen molar-refractivity contribution in [1.29, 1.82) is 0 Å². The lowest BCUT2D eigenvalue weighted by Gasteiger charge is -2.08. The lowest BCUT2D eigenvalue weighted by molar-refractivity contribution is -0.772. The third-order valence-electron chi connectivity index (χ3n) is 4.30. The van der Waals surface area contributed by atoms with E-state index in [0.29, 0.717) is 6.42 Å². The summed E-state index contributed by atoms with van der Waals surface area (Å²) in [6, 6.07) is 0. The van der Waals surface area contributed by atoms with Crippen LogP contribution in [0.5, 0.6) is 0 Å². The molecule has 0 N–H and O–H groups in total. The van der Waals surface area contributed by atoms with Crippen LogP contribution >= 0.6 is 0 Å². The molecule has 0 aromatic heterocycles. The Hall–Kier alpha value is -1.79. The number of carbonyl (C=O) groups excluding carboxylic acids is 1. The maximum atomic E-state index is 10.7. The highest BCUT2D eigenvalue weighted by Gasteiger charge is 2.57. The predicted octanol–water partition coefficient (Wildman–Crippen LogP) is 4.99. The van der Waals surface area contributed by atoms with Gasteiger partial charge in [0.25, 0.3) is 0 Å². The summed E-state index contributed by atoms with van der Waals surface area (Å²) < 4.78 is 0. The van der Waals surface area contributed by atoms with Crippen molar-refractivity contribution in [3.8, 4) is 0 Å². The molecule has 0 unspecified atom stereocenters. The Labute approximate surface area is 150 Å². The highest BCUT2D eigenvalue weighted by molar-refractivity contribution is 5.59. The van der Waals surface area contributed by atoms with Gasteiger partial charge in [-0.05, 0) is 25.7 Å². The highest BCUT2D eigenvalue weighted by Crippen LogP contribution is 2.17. The second-order valence-corrected chi connectivity index (χ2v) is 6.41. The molecular formula is C18H31N2O5. The van der Waals surface area contributed by atoms with Crippen LogP contribution in [0.4, 0.5) is 0 Å². The molecule has 0 rings (SSSR count). The van der Waals surface area contributed by atoms with E-state index in [4.69, 9.17) is 0 Å². The minimum atomic E-state index is -2.81. The van der Waals surface area contributed by atoms with Gasteiger partial charge < -0.3 is 0 Å². The number of nitro groups is 2. The van der Waals surface area contributed by atoms with Gasteiger partial charge in [0.05, 0.1) is 6.42 Å². The van der Waals surface area contributed by atoms with E-state index in [1.807, 2.05) is 12.2 Å². The largest absolute Gasteiger partial charge is 0.523 e. The SMILES string of the molecule is CCCCCCCCCCC/C=C\CCCC([C]=O)([N+](=O)[O-])[N+](=O)[O-]. The molecule has 0 aliphatic heterocycles. The van der Waals surface area contributed by atoms with Crippen LogP contribution < -0.4 is 0 Å². The molecule has 0 aromatic rings. The number of nitrogens with zero attached hydrogens (tertiary/aromatic N) is 2. The Morgan fingerprint density at radius 3 is 1.68 bits per heavy atom. The monoisotopic (exact) mass is 355 g/mol. The van der Waals surface area contributed by atoms with Gasteiger partial charge in [-0.3, -0.25) is 25.0 Å². The summed E-state index contributed by atoms with van der Waals surface area (Å²) in [6.45, 7) is 2.22. The maximum absolute atomic E-state index is 10.7. The molecule has 0 heterocycles. The van der Waals surface area contributed by atoms with Crippen molar-refractivity contribution in [3.05, 3.63) is 32.4 Å². The molecule has 0 amide bonds. The zero-order chi connectivity index (χ0) is 19.0. The van der Waals surface area contributed by atoms with Crippen molar-refractivity contribution in [1.82, 2.24) is 0 Å². The fraction of sp³-hybridized carbons (Fsp3) is 0.833. The quantitative estimate of drug-likeness (QED) is 0.120. The summed E-state index contributed by atoms with van der Waals surface area (Å²) in [4.78, 5) is 29.8. The Bertz CT molecular complexity index is 410. The lowest BCUT2D eigenvalue weighted by atomic mass is 10.0. The molecule has 0 atom stereocenters. The van der Waals surface area contributed by atoms with E-state index in [1.54, 1.807) is 0 Å². The van der Waals surface area contributed by atoms with Gasteiger partial charge in [0.1, 0.15) is 9.85 Å². The van der Waals surface area contributed by atoms with Gasteiger partial charge in [-0.1, -0.05) is 70.4 Å². The molecule has 7 nitrogen and oxygen atoms in total. The first-order chi connectivity index (χ1) is 12.0. The van der Waals surface area contributed by atoms with E-state index in [2.05, 4.69) is 6.92 Å².